The molecule has 0 fully saturated rings. The lowest BCUT2D eigenvalue weighted by Gasteiger charge is -2.19. The lowest BCUT2D eigenvalue weighted by atomic mass is 9.89. The Morgan fingerprint density at radius 2 is 1.69 bits per heavy atom. The molecule has 1 aromatic rings. The second-order valence-corrected chi connectivity index (χ2v) is 7.73. The summed E-state index contributed by atoms with van der Waals surface area (Å²) in [5.41, 5.74) is -0.837. The van der Waals surface area contributed by atoms with Crippen molar-refractivity contribution < 1.29 is 39.5 Å². The van der Waals surface area contributed by atoms with Gasteiger partial charge in [0.2, 0.25) is 0 Å². The number of allylic oxidation sites excluding steroid dienone is 2. The number of benzene rings is 1. The van der Waals surface area contributed by atoms with Crippen LogP contribution in [0, 0.1) is 12.8 Å². The number of hydrogen-bond donors (Lipinski definition) is 4. The van der Waals surface area contributed by atoms with E-state index in [-0.39, 0.29) is 40.9 Å². The Morgan fingerprint density at radius 3 is 2.12 bits per heavy atom. The number of hydrogen-bond acceptors (Lipinski definition) is 8. The maximum atomic E-state index is 12.6. The van der Waals surface area contributed by atoms with E-state index >= 15 is 0 Å². The van der Waals surface area contributed by atoms with Crippen LogP contribution in [0.25, 0.3) is 0 Å². The van der Waals surface area contributed by atoms with Gasteiger partial charge in [0.15, 0.2) is 17.3 Å². The van der Waals surface area contributed by atoms with Crippen LogP contribution in [0.4, 0.5) is 0 Å². The van der Waals surface area contributed by atoms with Crippen molar-refractivity contribution in [2.45, 2.75) is 60.3 Å². The molecular formula is C24H32O8. The van der Waals surface area contributed by atoms with Crippen LogP contribution in [0.1, 0.15) is 68.4 Å². The summed E-state index contributed by atoms with van der Waals surface area (Å²) >= 11 is 0. The molecule has 0 amide bonds. The maximum absolute atomic E-state index is 12.6. The average Bonchev–Trinajstić information content (AvgIpc) is 2.75. The fourth-order valence-electron chi connectivity index (χ4n) is 3.32. The van der Waals surface area contributed by atoms with Gasteiger partial charge < -0.3 is 25.2 Å². The van der Waals surface area contributed by atoms with E-state index in [9.17, 15) is 34.8 Å². The predicted molar refractivity (Wildman–Crippen MR) is 120 cm³/mol. The molecule has 0 aliphatic carbocycles. The summed E-state index contributed by atoms with van der Waals surface area (Å²) in [5.74, 6) is -3.90. The smallest absolute Gasteiger partial charge is 0.172 e. The van der Waals surface area contributed by atoms with E-state index in [4.69, 9.17) is 4.74 Å². The van der Waals surface area contributed by atoms with Gasteiger partial charge in [-0.25, -0.2) is 0 Å². The minimum atomic E-state index is -0.744. The lowest BCUT2D eigenvalue weighted by molar-refractivity contribution is -0.123. The van der Waals surface area contributed by atoms with Crippen LogP contribution in [-0.4, -0.2) is 44.9 Å². The van der Waals surface area contributed by atoms with Crippen molar-refractivity contribution in [1.29, 1.82) is 0 Å². The molecule has 0 saturated carbocycles. The second kappa shape index (κ2) is 11.4. The van der Waals surface area contributed by atoms with Gasteiger partial charge in [-0.15, -0.1) is 0 Å². The molecule has 0 bridgehead atoms. The van der Waals surface area contributed by atoms with Gasteiger partial charge in [-0.05, 0) is 13.3 Å². The van der Waals surface area contributed by atoms with Crippen LogP contribution in [0.3, 0.4) is 0 Å². The lowest BCUT2D eigenvalue weighted by Crippen LogP contribution is -2.20. The summed E-state index contributed by atoms with van der Waals surface area (Å²) in [6, 6.07) is 0. The van der Waals surface area contributed by atoms with Gasteiger partial charge in [-0.3, -0.25) is 14.4 Å². The number of aromatic hydroxyl groups is 2. The molecule has 32 heavy (non-hydrogen) atoms. The van der Waals surface area contributed by atoms with Crippen molar-refractivity contribution in [2.75, 3.05) is 7.11 Å². The molecule has 0 heterocycles. The summed E-state index contributed by atoms with van der Waals surface area (Å²) in [6.07, 6.45) is 0.632. The highest BCUT2D eigenvalue weighted by Crippen LogP contribution is 2.44. The number of aliphatic hydroxyl groups is 2. The quantitative estimate of drug-likeness (QED) is 0.0975. The van der Waals surface area contributed by atoms with Crippen molar-refractivity contribution >= 4 is 17.3 Å². The molecule has 0 saturated heterocycles. The third kappa shape index (κ3) is 5.30. The number of Topliss-reactive ketones (excluding diaryl/α,β-unsaturated/α-hetero) is 3. The zero-order chi connectivity index (χ0) is 24.7. The molecule has 0 aliphatic heterocycles. The van der Waals surface area contributed by atoms with Crippen molar-refractivity contribution in [3.05, 3.63) is 39.9 Å². The Labute approximate surface area is 187 Å². The van der Waals surface area contributed by atoms with Crippen LogP contribution in [0.5, 0.6) is 17.2 Å². The number of aliphatic hydroxyl groups excluding tert-OH is 2. The Bertz CT molecular complexity index is 967. The van der Waals surface area contributed by atoms with Crippen LogP contribution in [-0.2, 0) is 16.0 Å². The van der Waals surface area contributed by atoms with Crippen LogP contribution in [0.2, 0.25) is 0 Å². The Hall–Kier alpha value is -3.29. The fraction of sp³-hybridized carbons (Fsp3) is 0.458. The van der Waals surface area contributed by atoms with E-state index in [1.807, 2.05) is 0 Å². The van der Waals surface area contributed by atoms with E-state index in [0.717, 1.165) is 0 Å². The third-order valence-electron chi connectivity index (χ3n) is 5.13. The zero-order valence-electron chi connectivity index (χ0n) is 19.4. The standard InChI is InChI=1S/C24H32O8/c1-7-9-17(27)19-23(31)15(21(29)13(5)24(19)32-6)10-14(11-25)22(30)18(16(26)8-2)20(28)12(3)4/h11-12,25,29-31H,7-10H2,1-6H3/b14-11-,22-18+. The molecule has 0 atom stereocenters. The molecule has 0 unspecified atom stereocenters. The SMILES string of the molecule is CCCC(=O)c1c(O)c(CC(=C/O)/C(O)=C(/C(=O)CC)C(=O)C(C)C)c(O)c(C)c1OC. The first-order valence-electron chi connectivity index (χ1n) is 10.5. The number of phenolic OH excluding ortho intramolecular Hbond substituents is 2. The van der Waals surface area contributed by atoms with Gasteiger partial charge in [0.05, 0.1) is 13.4 Å². The minimum absolute atomic E-state index is 0.0216. The Kier molecular flexibility index (Phi) is 9.50. The highest BCUT2D eigenvalue weighted by atomic mass is 16.5. The molecular weight excluding hydrogens is 416 g/mol. The fourth-order valence-corrected chi connectivity index (χ4v) is 3.32. The molecule has 0 radical (unpaired) electrons. The maximum Gasteiger partial charge on any atom is 0.172 e. The molecule has 8 nitrogen and oxygen atoms in total. The minimum Gasteiger partial charge on any atom is -0.515 e. The number of ether oxygens (including phenoxy) is 1. The highest BCUT2D eigenvalue weighted by Gasteiger charge is 2.30. The molecule has 176 valence electrons. The summed E-state index contributed by atoms with van der Waals surface area (Å²) < 4.78 is 5.23. The highest BCUT2D eigenvalue weighted by molar-refractivity contribution is 6.21. The molecule has 8 heteroatoms. The molecule has 0 aliphatic rings. The van der Waals surface area contributed by atoms with E-state index in [1.165, 1.54) is 21.0 Å². The van der Waals surface area contributed by atoms with Gasteiger partial charge in [-0.1, -0.05) is 27.7 Å². The second-order valence-electron chi connectivity index (χ2n) is 7.73. The normalized spacial score (nSPS) is 12.5. The summed E-state index contributed by atoms with van der Waals surface area (Å²) in [5, 5.41) is 42.0. The largest absolute Gasteiger partial charge is 0.515 e. The third-order valence-corrected chi connectivity index (χ3v) is 5.13. The van der Waals surface area contributed by atoms with Gasteiger partial charge >= 0.3 is 0 Å². The number of methoxy groups -OCH3 is 1. The molecule has 0 spiro atoms. The Balaban J connectivity index is 3.75. The van der Waals surface area contributed by atoms with Gasteiger partial charge in [0.1, 0.15) is 34.1 Å². The number of rotatable bonds is 11. The molecule has 1 rings (SSSR count). The first-order valence-corrected chi connectivity index (χ1v) is 10.5. The Morgan fingerprint density at radius 1 is 1.09 bits per heavy atom. The number of carbonyl (C=O) groups excluding carboxylic acids is 3. The van der Waals surface area contributed by atoms with E-state index < -0.39 is 52.5 Å². The number of phenols is 2. The van der Waals surface area contributed by atoms with Gasteiger partial charge in [-0.2, -0.15) is 0 Å². The van der Waals surface area contributed by atoms with Crippen LogP contribution >= 0.6 is 0 Å². The molecule has 0 aromatic heterocycles. The van der Waals surface area contributed by atoms with Crippen molar-refractivity contribution in [1.82, 2.24) is 0 Å². The van der Waals surface area contributed by atoms with Gasteiger partial charge in [0.25, 0.3) is 0 Å². The molecule has 1 aromatic carbocycles. The summed E-state index contributed by atoms with van der Waals surface area (Å²) in [6.45, 7) is 7.95. The van der Waals surface area contributed by atoms with Crippen LogP contribution in [0.15, 0.2) is 23.2 Å². The van der Waals surface area contributed by atoms with E-state index in [1.54, 1.807) is 20.8 Å². The van der Waals surface area contributed by atoms with Crippen molar-refractivity contribution in [3.8, 4) is 17.2 Å². The predicted octanol–water partition coefficient (Wildman–Crippen LogP) is 4.40. The topological polar surface area (TPSA) is 141 Å². The number of carbonyl (C=O) groups is 3. The van der Waals surface area contributed by atoms with Crippen molar-refractivity contribution in [3.63, 3.8) is 0 Å². The summed E-state index contributed by atoms with van der Waals surface area (Å²) in [4.78, 5) is 37.5. The van der Waals surface area contributed by atoms with Crippen LogP contribution < -0.4 is 4.74 Å². The van der Waals surface area contributed by atoms with Crippen molar-refractivity contribution in [2.24, 2.45) is 5.92 Å². The summed E-state index contributed by atoms with van der Waals surface area (Å²) in [7, 11) is 1.30. The molecule has 4 N–H and O–H groups in total. The first-order chi connectivity index (χ1) is 15.0. The monoisotopic (exact) mass is 448 g/mol. The zero-order valence-corrected chi connectivity index (χ0v) is 19.4. The van der Waals surface area contributed by atoms with Gasteiger partial charge in [0, 0.05) is 41.9 Å². The first kappa shape index (κ1) is 26.7. The van der Waals surface area contributed by atoms with E-state index in [2.05, 4.69) is 0 Å². The average molecular weight is 449 g/mol. The number of ketones is 3. The van der Waals surface area contributed by atoms with E-state index in [0.29, 0.717) is 12.7 Å².